The number of rotatable bonds is 9. The van der Waals surface area contributed by atoms with Gasteiger partial charge in [-0.25, -0.2) is 0 Å². The van der Waals surface area contributed by atoms with Gasteiger partial charge in [0.05, 0.1) is 12.7 Å². The molecule has 3 aromatic rings. The van der Waals surface area contributed by atoms with Gasteiger partial charge in [0.25, 0.3) is 5.91 Å². The maximum Gasteiger partial charge on any atom is 0.257 e. The number of carbonyl (C=O) groups is 1. The van der Waals surface area contributed by atoms with Crippen molar-refractivity contribution in [2.75, 3.05) is 34.0 Å². The fourth-order valence-corrected chi connectivity index (χ4v) is 2.91. The number of nitrogens with one attached hydrogen (secondary N) is 1. The molecule has 0 radical (unpaired) electrons. The van der Waals surface area contributed by atoms with E-state index in [-0.39, 0.29) is 40.4 Å². The van der Waals surface area contributed by atoms with Gasteiger partial charge in [-0.1, -0.05) is 12.1 Å². The Kier molecular flexibility index (Phi) is 6.92. The van der Waals surface area contributed by atoms with E-state index < -0.39 is 0 Å². The van der Waals surface area contributed by atoms with Crippen molar-refractivity contribution in [3.63, 3.8) is 0 Å². The highest BCUT2D eigenvalue weighted by molar-refractivity contribution is 5.88. The molecule has 158 valence electrons. The van der Waals surface area contributed by atoms with Crippen molar-refractivity contribution < 1.29 is 28.5 Å². The summed E-state index contributed by atoms with van der Waals surface area (Å²) in [6.07, 6.45) is 2.03. The monoisotopic (exact) mass is 413 g/mol. The van der Waals surface area contributed by atoms with Crippen LogP contribution in [0.1, 0.15) is 6.42 Å². The molecule has 1 heterocycles. The molecule has 2 aromatic carbocycles. The lowest BCUT2D eigenvalue weighted by Gasteiger charge is -2.10. The quantitative estimate of drug-likeness (QED) is 0.519. The average molecular weight is 413 g/mol. The molecule has 0 unspecified atom stereocenters. The maximum absolute atomic E-state index is 12.9. The van der Waals surface area contributed by atoms with E-state index in [1.165, 1.54) is 18.4 Å². The van der Waals surface area contributed by atoms with Crippen molar-refractivity contribution in [3.05, 3.63) is 52.9 Å². The van der Waals surface area contributed by atoms with E-state index in [1.807, 2.05) is 0 Å². The second kappa shape index (κ2) is 9.80. The molecule has 30 heavy (non-hydrogen) atoms. The molecular weight excluding hydrogens is 390 g/mol. The fourth-order valence-electron chi connectivity index (χ4n) is 2.91. The molecule has 1 aromatic heterocycles. The third kappa shape index (κ3) is 4.90. The Morgan fingerprint density at radius 3 is 2.60 bits per heavy atom. The number of methoxy groups -OCH3 is 2. The number of fused-ring (bicyclic) bond motifs is 1. The number of ether oxygens (including phenoxy) is 3. The minimum Gasteiger partial charge on any atom is -0.507 e. The molecule has 0 saturated carbocycles. The smallest absolute Gasteiger partial charge is 0.257 e. The van der Waals surface area contributed by atoms with Crippen LogP contribution in [0.5, 0.6) is 17.2 Å². The molecule has 0 saturated heterocycles. The molecule has 2 N–H and O–H groups in total. The molecule has 0 aliphatic heterocycles. The fraction of sp³-hybridized carbons (Fsp3) is 0.273. The molecule has 0 spiro atoms. The second-order valence-corrected chi connectivity index (χ2v) is 6.51. The van der Waals surface area contributed by atoms with Crippen molar-refractivity contribution >= 4 is 16.9 Å². The van der Waals surface area contributed by atoms with Crippen LogP contribution in [0, 0.1) is 0 Å². The van der Waals surface area contributed by atoms with E-state index >= 15 is 0 Å². The van der Waals surface area contributed by atoms with Gasteiger partial charge in [0, 0.05) is 32.4 Å². The molecule has 0 bridgehead atoms. The Labute approximate surface area is 173 Å². The van der Waals surface area contributed by atoms with E-state index in [4.69, 9.17) is 18.6 Å². The van der Waals surface area contributed by atoms with Crippen LogP contribution in [-0.2, 0) is 9.53 Å². The Bertz CT molecular complexity index is 1070. The van der Waals surface area contributed by atoms with Gasteiger partial charge in [-0.3, -0.25) is 9.59 Å². The zero-order chi connectivity index (χ0) is 21.5. The van der Waals surface area contributed by atoms with Crippen molar-refractivity contribution in [2.45, 2.75) is 6.42 Å². The molecule has 0 fully saturated rings. The Morgan fingerprint density at radius 1 is 1.13 bits per heavy atom. The summed E-state index contributed by atoms with van der Waals surface area (Å²) in [4.78, 5) is 24.7. The summed E-state index contributed by atoms with van der Waals surface area (Å²) in [5.41, 5.74) is 0.731. The second-order valence-electron chi connectivity index (χ2n) is 6.51. The Morgan fingerprint density at radius 2 is 1.90 bits per heavy atom. The van der Waals surface area contributed by atoms with E-state index in [2.05, 4.69) is 5.32 Å². The van der Waals surface area contributed by atoms with Crippen LogP contribution in [-0.4, -0.2) is 45.0 Å². The lowest BCUT2D eigenvalue weighted by atomic mass is 10.0. The number of aromatic hydroxyl groups is 1. The number of benzene rings is 2. The number of hydrogen-bond donors (Lipinski definition) is 2. The van der Waals surface area contributed by atoms with Crippen LogP contribution in [0.15, 0.2) is 51.9 Å². The molecule has 0 aliphatic carbocycles. The van der Waals surface area contributed by atoms with Crippen LogP contribution in [0.25, 0.3) is 22.1 Å². The first kappa shape index (κ1) is 21.2. The van der Waals surface area contributed by atoms with Crippen LogP contribution < -0.4 is 20.2 Å². The highest BCUT2D eigenvalue weighted by Gasteiger charge is 2.15. The number of phenolic OH excluding ortho intramolecular Hbond substituents is 1. The van der Waals surface area contributed by atoms with Crippen LogP contribution >= 0.6 is 0 Å². The molecule has 1 amide bonds. The van der Waals surface area contributed by atoms with Gasteiger partial charge in [-0.15, -0.1) is 0 Å². The van der Waals surface area contributed by atoms with E-state index in [9.17, 15) is 14.7 Å². The number of amides is 1. The summed E-state index contributed by atoms with van der Waals surface area (Å²) in [6, 6.07) is 9.68. The predicted octanol–water partition coefficient (Wildman–Crippen LogP) is 2.71. The van der Waals surface area contributed by atoms with E-state index in [1.54, 1.807) is 38.5 Å². The van der Waals surface area contributed by atoms with Gasteiger partial charge < -0.3 is 29.1 Å². The van der Waals surface area contributed by atoms with Gasteiger partial charge in [0.2, 0.25) is 5.43 Å². The summed E-state index contributed by atoms with van der Waals surface area (Å²) in [5.74, 6) is 0.290. The molecule has 3 rings (SSSR count). The molecule has 0 atom stereocenters. The SMILES string of the molecule is COCCCNC(=O)COc1cc(O)c2c(=O)c(-c3ccc(OC)cc3)coc2c1. The van der Waals surface area contributed by atoms with E-state index in [0.29, 0.717) is 36.4 Å². The Hall–Kier alpha value is -3.52. The zero-order valence-corrected chi connectivity index (χ0v) is 16.8. The van der Waals surface area contributed by atoms with Crippen LogP contribution in [0.4, 0.5) is 0 Å². The average Bonchev–Trinajstić information content (AvgIpc) is 2.75. The number of hydrogen-bond acceptors (Lipinski definition) is 7. The van der Waals surface area contributed by atoms with Crippen LogP contribution in [0.3, 0.4) is 0 Å². The maximum atomic E-state index is 12.9. The van der Waals surface area contributed by atoms with E-state index in [0.717, 1.165) is 0 Å². The van der Waals surface area contributed by atoms with Crippen molar-refractivity contribution in [2.24, 2.45) is 0 Å². The zero-order valence-electron chi connectivity index (χ0n) is 16.8. The van der Waals surface area contributed by atoms with Gasteiger partial charge in [0.1, 0.15) is 34.5 Å². The Balaban J connectivity index is 1.78. The minimum atomic E-state index is -0.374. The third-order valence-corrected chi connectivity index (χ3v) is 4.45. The largest absolute Gasteiger partial charge is 0.507 e. The molecule has 0 aliphatic rings. The number of carbonyl (C=O) groups excluding carboxylic acids is 1. The first-order chi connectivity index (χ1) is 14.5. The molecule has 8 heteroatoms. The minimum absolute atomic E-state index is 0.0414. The lowest BCUT2D eigenvalue weighted by Crippen LogP contribution is -2.30. The van der Waals surface area contributed by atoms with Crippen molar-refractivity contribution in [1.29, 1.82) is 0 Å². The number of phenols is 1. The third-order valence-electron chi connectivity index (χ3n) is 4.45. The normalized spacial score (nSPS) is 10.7. The highest BCUT2D eigenvalue weighted by atomic mass is 16.5. The van der Waals surface area contributed by atoms with Crippen molar-refractivity contribution in [3.8, 4) is 28.4 Å². The topological polar surface area (TPSA) is 107 Å². The summed E-state index contributed by atoms with van der Waals surface area (Å²) < 4.78 is 21.0. The first-order valence-corrected chi connectivity index (χ1v) is 9.35. The molecular formula is C22H23NO7. The van der Waals surface area contributed by atoms with Gasteiger partial charge >= 0.3 is 0 Å². The predicted molar refractivity (Wildman–Crippen MR) is 111 cm³/mol. The van der Waals surface area contributed by atoms with Crippen LogP contribution in [0.2, 0.25) is 0 Å². The standard InChI is InChI=1S/C22H23NO7/c1-27-9-3-8-23-20(25)13-29-16-10-18(24)21-19(11-16)30-12-17(22(21)26)14-4-6-15(28-2)7-5-14/h4-7,10-12,24H,3,8-9,13H2,1-2H3,(H,23,25). The summed E-state index contributed by atoms with van der Waals surface area (Å²) in [7, 11) is 3.15. The summed E-state index contributed by atoms with van der Waals surface area (Å²) in [5, 5.41) is 13.1. The van der Waals surface area contributed by atoms with Gasteiger partial charge in [-0.05, 0) is 24.1 Å². The van der Waals surface area contributed by atoms with Gasteiger partial charge in [-0.2, -0.15) is 0 Å². The highest BCUT2D eigenvalue weighted by Crippen LogP contribution is 2.30. The summed E-state index contributed by atoms with van der Waals surface area (Å²) in [6.45, 7) is 0.797. The lowest BCUT2D eigenvalue weighted by molar-refractivity contribution is -0.123. The van der Waals surface area contributed by atoms with Gasteiger partial charge in [0.15, 0.2) is 6.61 Å². The first-order valence-electron chi connectivity index (χ1n) is 9.35. The molecule has 8 nitrogen and oxygen atoms in total. The van der Waals surface area contributed by atoms with Crippen molar-refractivity contribution in [1.82, 2.24) is 5.32 Å². The summed E-state index contributed by atoms with van der Waals surface area (Å²) >= 11 is 0.